The van der Waals surface area contributed by atoms with Gasteiger partial charge in [0.15, 0.2) is 5.82 Å². The molecule has 1 unspecified atom stereocenters. The molecular formula is C14H20N4O. The quantitative estimate of drug-likeness (QED) is 0.887. The Morgan fingerprint density at radius 2 is 2.26 bits per heavy atom. The van der Waals surface area contributed by atoms with Crippen LogP contribution < -0.4 is 5.32 Å². The van der Waals surface area contributed by atoms with E-state index < -0.39 is 0 Å². The molecule has 1 aromatic heterocycles. The van der Waals surface area contributed by atoms with Crippen LogP contribution in [-0.4, -0.2) is 33.7 Å². The highest BCUT2D eigenvalue weighted by molar-refractivity contribution is 5.89. The van der Waals surface area contributed by atoms with Crippen LogP contribution in [0.3, 0.4) is 0 Å². The maximum Gasteiger partial charge on any atom is 0.323 e. The molecule has 102 valence electrons. The number of aromatic nitrogens is 2. The summed E-state index contributed by atoms with van der Waals surface area (Å²) in [4.78, 5) is 14.0. The third-order valence-electron chi connectivity index (χ3n) is 4.15. The van der Waals surface area contributed by atoms with Gasteiger partial charge >= 0.3 is 6.03 Å². The summed E-state index contributed by atoms with van der Waals surface area (Å²) in [6.07, 6.45) is 4.30. The van der Waals surface area contributed by atoms with Crippen LogP contribution >= 0.6 is 0 Å². The second-order valence-corrected chi connectivity index (χ2v) is 5.78. The van der Waals surface area contributed by atoms with E-state index in [9.17, 15) is 4.79 Å². The minimum atomic E-state index is -0.0443. The first-order valence-corrected chi connectivity index (χ1v) is 7.08. The van der Waals surface area contributed by atoms with Crippen LogP contribution in [-0.2, 0) is 12.8 Å². The Hall–Kier alpha value is -1.65. The number of urea groups is 1. The van der Waals surface area contributed by atoms with Gasteiger partial charge in [0.2, 0.25) is 0 Å². The van der Waals surface area contributed by atoms with Crippen LogP contribution in [0.1, 0.15) is 37.9 Å². The number of hydrogen-bond acceptors (Lipinski definition) is 3. The molecule has 0 aromatic carbocycles. The number of hydrogen-bond donors (Lipinski definition) is 1. The average Bonchev–Trinajstić information content (AvgIpc) is 2.73. The Bertz CT molecular complexity index is 500. The molecule has 2 heterocycles. The summed E-state index contributed by atoms with van der Waals surface area (Å²) in [5.74, 6) is 1.09. The summed E-state index contributed by atoms with van der Waals surface area (Å²) in [5, 5.41) is 11.2. The molecule has 0 bridgehead atoms. The SMILES string of the molecule is CC(C)C1CCN1C(=O)Nc1cc2c(nn1)CCC2. The van der Waals surface area contributed by atoms with E-state index in [4.69, 9.17) is 0 Å². The highest BCUT2D eigenvalue weighted by atomic mass is 16.2. The molecule has 1 saturated heterocycles. The van der Waals surface area contributed by atoms with E-state index in [1.807, 2.05) is 11.0 Å². The van der Waals surface area contributed by atoms with E-state index in [0.29, 0.717) is 17.8 Å². The number of carbonyl (C=O) groups is 1. The number of likely N-dealkylation sites (tertiary alicyclic amines) is 1. The van der Waals surface area contributed by atoms with Gasteiger partial charge in [-0.2, -0.15) is 5.10 Å². The summed E-state index contributed by atoms with van der Waals surface area (Å²) in [7, 11) is 0. The Labute approximate surface area is 113 Å². The maximum atomic E-state index is 12.2. The van der Waals surface area contributed by atoms with Crippen molar-refractivity contribution in [2.24, 2.45) is 5.92 Å². The second-order valence-electron chi connectivity index (χ2n) is 5.78. The van der Waals surface area contributed by atoms with Crippen LogP contribution in [0.25, 0.3) is 0 Å². The number of nitrogens with one attached hydrogen (secondary N) is 1. The minimum Gasteiger partial charge on any atom is -0.321 e. The Kier molecular flexibility index (Phi) is 3.12. The van der Waals surface area contributed by atoms with Crippen LogP contribution in [0.2, 0.25) is 0 Å². The van der Waals surface area contributed by atoms with Crippen LogP contribution in [0.15, 0.2) is 6.07 Å². The lowest BCUT2D eigenvalue weighted by molar-refractivity contribution is 0.0950. The first kappa shape index (κ1) is 12.4. The summed E-state index contributed by atoms with van der Waals surface area (Å²) in [6.45, 7) is 5.14. The molecule has 3 rings (SSSR count). The third-order valence-corrected chi connectivity index (χ3v) is 4.15. The van der Waals surface area contributed by atoms with E-state index in [0.717, 1.165) is 37.9 Å². The second kappa shape index (κ2) is 4.79. The van der Waals surface area contributed by atoms with Crippen molar-refractivity contribution in [2.75, 3.05) is 11.9 Å². The predicted molar refractivity (Wildman–Crippen MR) is 73.0 cm³/mol. The highest BCUT2D eigenvalue weighted by Gasteiger charge is 2.34. The van der Waals surface area contributed by atoms with Gasteiger partial charge in [-0.1, -0.05) is 13.8 Å². The highest BCUT2D eigenvalue weighted by Crippen LogP contribution is 2.26. The van der Waals surface area contributed by atoms with Gasteiger partial charge in [-0.25, -0.2) is 4.79 Å². The summed E-state index contributed by atoms with van der Waals surface area (Å²) in [5.41, 5.74) is 2.32. The molecule has 1 aliphatic carbocycles. The van der Waals surface area contributed by atoms with Crippen molar-refractivity contribution in [2.45, 2.75) is 45.6 Å². The molecule has 19 heavy (non-hydrogen) atoms. The van der Waals surface area contributed by atoms with Gasteiger partial charge in [0.25, 0.3) is 0 Å². The van der Waals surface area contributed by atoms with Gasteiger partial charge in [0.05, 0.1) is 5.69 Å². The zero-order chi connectivity index (χ0) is 13.4. The van der Waals surface area contributed by atoms with Crippen LogP contribution in [0.5, 0.6) is 0 Å². The molecule has 0 radical (unpaired) electrons. The molecule has 5 nitrogen and oxygen atoms in total. The first-order chi connectivity index (χ1) is 9.15. The van der Waals surface area contributed by atoms with Crippen LogP contribution in [0, 0.1) is 5.92 Å². The number of rotatable bonds is 2. The lowest BCUT2D eigenvalue weighted by atomic mass is 9.92. The molecule has 1 aliphatic heterocycles. The maximum absolute atomic E-state index is 12.2. The number of nitrogens with zero attached hydrogens (tertiary/aromatic N) is 3. The van der Waals surface area contributed by atoms with Gasteiger partial charge in [0.1, 0.15) is 0 Å². The Morgan fingerprint density at radius 1 is 1.42 bits per heavy atom. The molecule has 0 spiro atoms. The van der Waals surface area contributed by atoms with E-state index in [1.54, 1.807) is 0 Å². The van der Waals surface area contributed by atoms with Crippen molar-refractivity contribution in [3.63, 3.8) is 0 Å². The van der Waals surface area contributed by atoms with Gasteiger partial charge in [-0.05, 0) is 43.2 Å². The number of aryl methyl sites for hydroxylation is 2. The smallest absolute Gasteiger partial charge is 0.321 e. The fourth-order valence-electron chi connectivity index (χ4n) is 2.92. The zero-order valence-electron chi connectivity index (χ0n) is 11.5. The largest absolute Gasteiger partial charge is 0.323 e. The van der Waals surface area contributed by atoms with Gasteiger partial charge in [0, 0.05) is 12.6 Å². The molecule has 2 aliphatic rings. The van der Waals surface area contributed by atoms with Crippen molar-refractivity contribution in [1.29, 1.82) is 0 Å². The lowest BCUT2D eigenvalue weighted by Crippen LogP contribution is -2.55. The van der Waals surface area contributed by atoms with E-state index in [1.165, 1.54) is 5.56 Å². The van der Waals surface area contributed by atoms with E-state index in [2.05, 4.69) is 29.4 Å². The summed E-state index contributed by atoms with van der Waals surface area (Å²) >= 11 is 0. The number of carbonyl (C=O) groups excluding carboxylic acids is 1. The van der Waals surface area contributed by atoms with Crippen molar-refractivity contribution in [3.05, 3.63) is 17.3 Å². The molecule has 5 heteroatoms. The van der Waals surface area contributed by atoms with Gasteiger partial charge in [-0.3, -0.25) is 5.32 Å². The molecule has 0 saturated carbocycles. The van der Waals surface area contributed by atoms with Crippen molar-refractivity contribution >= 4 is 11.8 Å². The van der Waals surface area contributed by atoms with E-state index >= 15 is 0 Å². The van der Waals surface area contributed by atoms with Crippen LogP contribution in [0.4, 0.5) is 10.6 Å². The zero-order valence-corrected chi connectivity index (χ0v) is 11.5. The minimum absolute atomic E-state index is 0.0443. The normalized spacial score (nSPS) is 21.2. The molecule has 2 amide bonds. The number of amides is 2. The van der Waals surface area contributed by atoms with Gasteiger partial charge in [-0.15, -0.1) is 5.10 Å². The topological polar surface area (TPSA) is 58.1 Å². The molecule has 1 aromatic rings. The molecule has 1 atom stereocenters. The fraction of sp³-hybridized carbons (Fsp3) is 0.643. The predicted octanol–water partition coefficient (Wildman–Crippen LogP) is 2.23. The number of anilines is 1. The van der Waals surface area contributed by atoms with Crippen molar-refractivity contribution in [1.82, 2.24) is 15.1 Å². The third kappa shape index (κ3) is 2.29. The first-order valence-electron chi connectivity index (χ1n) is 7.08. The van der Waals surface area contributed by atoms with E-state index in [-0.39, 0.29) is 6.03 Å². The standard InChI is InChI=1S/C14H20N4O/c1-9(2)12-6-7-18(12)14(19)15-13-8-10-4-3-5-11(10)16-17-13/h8-9,12H,3-7H2,1-2H3,(H,15,17,19). The van der Waals surface area contributed by atoms with Crippen molar-refractivity contribution < 1.29 is 4.79 Å². The summed E-state index contributed by atoms with van der Waals surface area (Å²) in [6, 6.07) is 2.29. The lowest BCUT2D eigenvalue weighted by Gasteiger charge is -2.43. The average molecular weight is 260 g/mol. The summed E-state index contributed by atoms with van der Waals surface area (Å²) < 4.78 is 0. The molecule has 1 N–H and O–H groups in total. The Morgan fingerprint density at radius 3 is 2.95 bits per heavy atom. The number of fused-ring (bicyclic) bond motifs is 1. The molecule has 1 fully saturated rings. The molecular weight excluding hydrogens is 240 g/mol. The monoisotopic (exact) mass is 260 g/mol. The Balaban J connectivity index is 1.67. The van der Waals surface area contributed by atoms with Gasteiger partial charge < -0.3 is 4.90 Å². The van der Waals surface area contributed by atoms with Crippen molar-refractivity contribution in [3.8, 4) is 0 Å². The fourth-order valence-corrected chi connectivity index (χ4v) is 2.92.